The molecule has 2 heterocycles. The van der Waals surface area contributed by atoms with Crippen molar-refractivity contribution in [3.63, 3.8) is 0 Å². The minimum atomic E-state index is 0.362. The lowest BCUT2D eigenvalue weighted by molar-refractivity contribution is 0.350. The first-order valence-electron chi connectivity index (χ1n) is 3.33. The van der Waals surface area contributed by atoms with Gasteiger partial charge in [0.25, 0.3) is 5.17 Å². The monoisotopic (exact) mass is 182 g/mol. The number of hydrogen-bond donors (Lipinski definition) is 1. The molecular weight excluding hydrogens is 176 g/mol. The van der Waals surface area contributed by atoms with E-state index in [0.717, 1.165) is 0 Å². The molecule has 5 nitrogen and oxygen atoms in total. The van der Waals surface area contributed by atoms with Gasteiger partial charge in [0.05, 0.1) is 6.20 Å². The Morgan fingerprint density at radius 2 is 2.50 bits per heavy atom. The molecule has 1 fully saturated rings. The van der Waals surface area contributed by atoms with Crippen molar-refractivity contribution in [1.29, 1.82) is 0 Å². The third-order valence-corrected chi connectivity index (χ3v) is 1.59. The van der Waals surface area contributed by atoms with Crippen LogP contribution in [0.15, 0.2) is 18.6 Å². The van der Waals surface area contributed by atoms with E-state index in [0.29, 0.717) is 17.7 Å². The summed E-state index contributed by atoms with van der Waals surface area (Å²) in [4.78, 5) is 7.97. The quantitative estimate of drug-likeness (QED) is 0.620. The molecule has 0 aliphatic carbocycles. The smallest absolute Gasteiger partial charge is 0.277 e. The van der Waals surface area contributed by atoms with E-state index in [4.69, 9.17) is 17.0 Å². The van der Waals surface area contributed by atoms with Crippen LogP contribution in [0, 0.1) is 0 Å². The number of thiocarbonyl (C=S) groups is 1. The molecule has 0 atom stereocenters. The van der Waals surface area contributed by atoms with Gasteiger partial charge in [-0.1, -0.05) is 0 Å². The van der Waals surface area contributed by atoms with Crippen LogP contribution < -0.4 is 10.4 Å². The molecule has 0 aromatic carbocycles. The Morgan fingerprint density at radius 1 is 1.58 bits per heavy atom. The Hall–Kier alpha value is -1.43. The molecule has 0 bridgehead atoms. The van der Waals surface area contributed by atoms with Crippen LogP contribution in [0.25, 0.3) is 0 Å². The van der Waals surface area contributed by atoms with E-state index in [9.17, 15) is 0 Å². The van der Waals surface area contributed by atoms with E-state index in [1.54, 1.807) is 23.6 Å². The van der Waals surface area contributed by atoms with Crippen molar-refractivity contribution in [2.45, 2.75) is 0 Å². The van der Waals surface area contributed by atoms with Gasteiger partial charge < -0.3 is 4.74 Å². The molecule has 1 aliphatic heterocycles. The molecule has 0 amide bonds. The lowest BCUT2D eigenvalue weighted by atomic mass is 10.6. The van der Waals surface area contributed by atoms with Gasteiger partial charge in [0.2, 0.25) is 0 Å². The fraction of sp³-hybridized carbons (Fsp3) is 0.167. The molecule has 0 spiro atoms. The van der Waals surface area contributed by atoms with Crippen molar-refractivity contribution in [2.75, 3.05) is 11.7 Å². The molecule has 12 heavy (non-hydrogen) atoms. The van der Waals surface area contributed by atoms with E-state index in [-0.39, 0.29) is 0 Å². The van der Waals surface area contributed by atoms with Crippen molar-refractivity contribution in [1.82, 2.24) is 15.4 Å². The summed E-state index contributed by atoms with van der Waals surface area (Å²) in [6.07, 6.45) is 4.85. The van der Waals surface area contributed by atoms with Crippen LogP contribution in [0.2, 0.25) is 0 Å². The fourth-order valence-electron chi connectivity index (χ4n) is 0.852. The van der Waals surface area contributed by atoms with Gasteiger partial charge in [0, 0.05) is 12.4 Å². The lowest BCUT2D eigenvalue weighted by Gasteiger charge is -2.11. The van der Waals surface area contributed by atoms with E-state index in [2.05, 4.69) is 15.4 Å². The molecule has 6 heteroatoms. The van der Waals surface area contributed by atoms with Gasteiger partial charge >= 0.3 is 0 Å². The Labute approximate surface area is 74.3 Å². The summed E-state index contributed by atoms with van der Waals surface area (Å²) in [6, 6.07) is 0. The number of nitrogens with zero attached hydrogens (tertiary/aromatic N) is 3. The van der Waals surface area contributed by atoms with E-state index in [1.165, 1.54) is 0 Å². The topological polar surface area (TPSA) is 50.3 Å². The molecule has 0 saturated carbocycles. The van der Waals surface area contributed by atoms with E-state index in [1.807, 2.05) is 0 Å². The summed E-state index contributed by atoms with van der Waals surface area (Å²) < 4.78 is 5.00. The van der Waals surface area contributed by atoms with Crippen LogP contribution in [0.3, 0.4) is 0 Å². The zero-order valence-corrected chi connectivity index (χ0v) is 6.91. The molecule has 1 aromatic rings. The summed E-state index contributed by atoms with van der Waals surface area (Å²) >= 11 is 4.77. The predicted octanol–water partition coefficient (Wildman–Crippen LogP) is 0.0602. The highest BCUT2D eigenvalue weighted by molar-refractivity contribution is 7.80. The van der Waals surface area contributed by atoms with Crippen LogP contribution in [0.1, 0.15) is 0 Å². The Bertz CT molecular complexity index is 291. The highest BCUT2D eigenvalue weighted by atomic mass is 32.1. The molecule has 2 rings (SSSR count). The first-order valence-corrected chi connectivity index (χ1v) is 3.74. The Balaban J connectivity index is 2.16. The fourth-order valence-corrected chi connectivity index (χ4v) is 1.01. The van der Waals surface area contributed by atoms with Crippen molar-refractivity contribution < 1.29 is 4.74 Å². The maximum Gasteiger partial charge on any atom is 0.277 e. The third kappa shape index (κ3) is 1.28. The third-order valence-electron chi connectivity index (χ3n) is 1.38. The second-order valence-corrected chi connectivity index (χ2v) is 2.54. The van der Waals surface area contributed by atoms with Crippen LogP contribution in [-0.2, 0) is 4.74 Å². The van der Waals surface area contributed by atoms with Crippen molar-refractivity contribution >= 4 is 23.2 Å². The zero-order chi connectivity index (χ0) is 8.39. The van der Waals surface area contributed by atoms with Crippen LogP contribution >= 0.6 is 12.2 Å². The SMILES string of the molecule is S=C1NN(c2cnccn2)CO1. The number of aromatic nitrogens is 2. The summed E-state index contributed by atoms with van der Waals surface area (Å²) in [5, 5.41) is 2.04. The van der Waals surface area contributed by atoms with Gasteiger partial charge in [0.15, 0.2) is 12.5 Å². The second-order valence-electron chi connectivity index (χ2n) is 2.16. The standard InChI is InChI=1S/C6H6N4OS/c12-6-9-10(4-11-6)5-3-7-1-2-8-5/h1-3H,4H2,(H,9,12). The summed E-state index contributed by atoms with van der Waals surface area (Å²) in [5.41, 5.74) is 2.81. The van der Waals surface area contributed by atoms with Gasteiger partial charge in [-0.05, 0) is 12.2 Å². The Kier molecular flexibility index (Phi) is 1.75. The Morgan fingerprint density at radius 3 is 3.08 bits per heavy atom. The number of hydrogen-bond acceptors (Lipinski definition) is 5. The van der Waals surface area contributed by atoms with Crippen molar-refractivity contribution in [3.05, 3.63) is 18.6 Å². The first kappa shape index (κ1) is 7.23. The minimum Gasteiger partial charge on any atom is -0.447 e. The van der Waals surface area contributed by atoms with Crippen molar-refractivity contribution in [3.8, 4) is 0 Å². The summed E-state index contributed by atoms with van der Waals surface area (Å²) in [6.45, 7) is 0.373. The zero-order valence-electron chi connectivity index (χ0n) is 6.10. The number of hydrazine groups is 1. The molecule has 0 radical (unpaired) electrons. The van der Waals surface area contributed by atoms with Crippen LogP contribution in [0.5, 0.6) is 0 Å². The van der Waals surface area contributed by atoms with Crippen LogP contribution in [-0.4, -0.2) is 21.9 Å². The van der Waals surface area contributed by atoms with Gasteiger partial charge in [0.1, 0.15) is 0 Å². The molecular formula is C6H6N4OS. The highest BCUT2D eigenvalue weighted by Crippen LogP contribution is 2.08. The van der Waals surface area contributed by atoms with E-state index >= 15 is 0 Å². The second kappa shape index (κ2) is 2.90. The molecule has 62 valence electrons. The molecule has 1 N–H and O–H groups in total. The normalized spacial score (nSPS) is 15.7. The minimum absolute atomic E-state index is 0.362. The summed E-state index contributed by atoms with van der Waals surface area (Å²) in [7, 11) is 0. The lowest BCUT2D eigenvalue weighted by Crippen LogP contribution is -2.32. The molecule has 1 aromatic heterocycles. The average Bonchev–Trinajstić information content (AvgIpc) is 2.54. The van der Waals surface area contributed by atoms with Gasteiger partial charge in [-0.2, -0.15) is 0 Å². The first-order chi connectivity index (χ1) is 5.86. The van der Waals surface area contributed by atoms with Gasteiger partial charge in [-0.3, -0.25) is 10.4 Å². The predicted molar refractivity (Wildman–Crippen MR) is 46.2 cm³/mol. The number of nitrogens with one attached hydrogen (secondary N) is 1. The number of anilines is 1. The maximum absolute atomic E-state index is 5.00. The molecule has 0 unspecified atom stereocenters. The van der Waals surface area contributed by atoms with E-state index < -0.39 is 0 Å². The highest BCUT2D eigenvalue weighted by Gasteiger charge is 2.17. The maximum atomic E-state index is 5.00. The van der Waals surface area contributed by atoms with Crippen LogP contribution in [0.4, 0.5) is 5.82 Å². The average molecular weight is 182 g/mol. The summed E-state index contributed by atoms with van der Waals surface area (Å²) in [5.74, 6) is 0.692. The molecule has 1 aliphatic rings. The molecule has 1 saturated heterocycles. The van der Waals surface area contributed by atoms with Gasteiger partial charge in [-0.25, -0.2) is 9.99 Å². The number of ether oxygens (including phenoxy) is 1. The largest absolute Gasteiger partial charge is 0.447 e. The van der Waals surface area contributed by atoms with Gasteiger partial charge in [-0.15, -0.1) is 0 Å². The van der Waals surface area contributed by atoms with Crippen molar-refractivity contribution in [2.24, 2.45) is 0 Å². The number of rotatable bonds is 1.